The van der Waals surface area contributed by atoms with Gasteiger partial charge in [0, 0.05) is 43.2 Å². The van der Waals surface area contributed by atoms with Crippen LogP contribution in [0.15, 0.2) is 35.6 Å². The Labute approximate surface area is 157 Å². The second-order valence-corrected chi connectivity index (χ2v) is 6.57. The van der Waals surface area contributed by atoms with Crippen molar-refractivity contribution < 1.29 is 17.7 Å². The van der Waals surface area contributed by atoms with Gasteiger partial charge in [0.2, 0.25) is 5.82 Å². The van der Waals surface area contributed by atoms with Gasteiger partial charge in [-0.05, 0) is 19.4 Å². The number of hydrogen-bond donors (Lipinski definition) is 0. The van der Waals surface area contributed by atoms with Crippen LogP contribution in [0, 0.1) is 0 Å². The highest BCUT2D eigenvalue weighted by molar-refractivity contribution is 5.46. The molecule has 0 radical (unpaired) electrons. The maximum atomic E-state index is 12.7. The van der Waals surface area contributed by atoms with Gasteiger partial charge in [0.05, 0.1) is 11.9 Å². The molecule has 4 rings (SSSR count). The van der Waals surface area contributed by atoms with E-state index in [-0.39, 0.29) is 17.4 Å². The van der Waals surface area contributed by atoms with Gasteiger partial charge in [-0.15, -0.1) is 0 Å². The van der Waals surface area contributed by atoms with Crippen molar-refractivity contribution in [2.75, 3.05) is 13.1 Å². The summed E-state index contributed by atoms with van der Waals surface area (Å²) >= 11 is 0. The molecule has 1 atom stereocenters. The number of nitrogens with zero attached hydrogens (tertiary/aromatic N) is 7. The first kappa shape index (κ1) is 18.4. The largest absolute Gasteiger partial charge is 0.471 e. The zero-order valence-corrected chi connectivity index (χ0v) is 14.7. The quantitative estimate of drug-likeness (QED) is 0.670. The third-order valence-electron chi connectivity index (χ3n) is 4.49. The molecule has 0 spiro atoms. The highest BCUT2D eigenvalue weighted by Gasteiger charge is 2.38. The summed E-state index contributed by atoms with van der Waals surface area (Å²) in [4.78, 5) is 22.3. The molecule has 28 heavy (non-hydrogen) atoms. The van der Waals surface area contributed by atoms with E-state index in [2.05, 4.69) is 39.5 Å². The molecule has 0 saturated carbocycles. The lowest BCUT2D eigenvalue weighted by Crippen LogP contribution is -2.34. The average molecular weight is 391 g/mol. The second kappa shape index (κ2) is 7.58. The molecule has 0 N–H and O–H groups in total. The van der Waals surface area contributed by atoms with E-state index in [1.165, 1.54) is 12.5 Å². The molecular formula is C17H16F3N7O. The first-order valence-corrected chi connectivity index (χ1v) is 8.68. The predicted molar refractivity (Wildman–Crippen MR) is 89.6 cm³/mol. The maximum absolute atomic E-state index is 12.7. The Bertz CT molecular complexity index is 932. The fraction of sp³-hybridized carbons (Fsp3) is 0.412. The van der Waals surface area contributed by atoms with Crippen LogP contribution in [0.5, 0.6) is 0 Å². The van der Waals surface area contributed by atoms with Crippen LogP contribution in [0.4, 0.5) is 13.2 Å². The Morgan fingerprint density at radius 1 is 1.07 bits per heavy atom. The fourth-order valence-corrected chi connectivity index (χ4v) is 3.24. The molecule has 3 aromatic rings. The molecule has 146 valence electrons. The predicted octanol–water partition coefficient (Wildman–Crippen LogP) is 2.71. The molecular weight excluding hydrogens is 375 g/mol. The van der Waals surface area contributed by atoms with Gasteiger partial charge >= 0.3 is 12.1 Å². The van der Waals surface area contributed by atoms with Gasteiger partial charge in [-0.3, -0.25) is 9.88 Å². The SMILES string of the molecule is FC(F)(F)c1nc(-c2cncc([C@H]3CCCN(Cc4cncnc4)C3)n2)no1. The number of alkyl halides is 3. The van der Waals surface area contributed by atoms with Crippen LogP contribution in [0.1, 0.15) is 35.9 Å². The Kier molecular flexibility index (Phi) is 4.99. The summed E-state index contributed by atoms with van der Waals surface area (Å²) in [5.41, 5.74) is 1.88. The van der Waals surface area contributed by atoms with Gasteiger partial charge in [-0.25, -0.2) is 15.0 Å². The van der Waals surface area contributed by atoms with E-state index in [1.807, 2.05) is 0 Å². The normalized spacial score (nSPS) is 18.3. The minimum absolute atomic E-state index is 0.111. The van der Waals surface area contributed by atoms with Crippen LogP contribution in [-0.4, -0.2) is 48.1 Å². The molecule has 0 amide bonds. The summed E-state index contributed by atoms with van der Waals surface area (Å²) < 4.78 is 42.3. The third kappa shape index (κ3) is 4.14. The zero-order chi connectivity index (χ0) is 19.6. The molecule has 3 aromatic heterocycles. The zero-order valence-electron chi connectivity index (χ0n) is 14.7. The summed E-state index contributed by atoms with van der Waals surface area (Å²) in [5.74, 6) is -1.51. The maximum Gasteiger partial charge on any atom is 0.471 e. The van der Waals surface area contributed by atoms with Gasteiger partial charge in [0.25, 0.3) is 0 Å². The van der Waals surface area contributed by atoms with E-state index in [0.717, 1.165) is 38.0 Å². The molecule has 1 aliphatic rings. The molecule has 1 fully saturated rings. The van der Waals surface area contributed by atoms with Crippen LogP contribution in [0.3, 0.4) is 0 Å². The first-order chi connectivity index (χ1) is 13.5. The Balaban J connectivity index is 1.50. The Morgan fingerprint density at radius 2 is 1.89 bits per heavy atom. The molecule has 11 heteroatoms. The van der Waals surface area contributed by atoms with Crippen molar-refractivity contribution in [2.45, 2.75) is 31.5 Å². The molecule has 4 heterocycles. The second-order valence-electron chi connectivity index (χ2n) is 6.57. The van der Waals surface area contributed by atoms with Crippen molar-refractivity contribution in [3.63, 3.8) is 0 Å². The van der Waals surface area contributed by atoms with Gasteiger partial charge in [-0.2, -0.15) is 18.2 Å². The average Bonchev–Trinajstić information content (AvgIpc) is 3.20. The molecule has 8 nitrogen and oxygen atoms in total. The van der Waals surface area contributed by atoms with Crippen LogP contribution >= 0.6 is 0 Å². The molecule has 0 aliphatic carbocycles. The number of halogens is 3. The van der Waals surface area contributed by atoms with Gasteiger partial charge in [0.15, 0.2) is 0 Å². The van der Waals surface area contributed by atoms with Crippen molar-refractivity contribution in [1.82, 2.24) is 35.0 Å². The van der Waals surface area contributed by atoms with Crippen LogP contribution in [-0.2, 0) is 12.7 Å². The van der Waals surface area contributed by atoms with Gasteiger partial charge in [0.1, 0.15) is 12.0 Å². The van der Waals surface area contributed by atoms with Crippen LogP contribution < -0.4 is 0 Å². The standard InChI is InChI=1S/C17H16F3N7O/c18-17(19,20)16-25-15(26-28-16)14-7-21-6-13(24-14)12-2-1-3-27(9-12)8-11-4-22-10-23-5-11/h4-7,10,12H,1-3,8-9H2/t12-/m0/s1. The number of hydrogen-bond acceptors (Lipinski definition) is 8. The minimum Gasteiger partial charge on any atom is -0.329 e. The topological polar surface area (TPSA) is 93.7 Å². The van der Waals surface area contributed by atoms with E-state index in [0.29, 0.717) is 5.69 Å². The third-order valence-corrected chi connectivity index (χ3v) is 4.49. The van der Waals surface area contributed by atoms with Crippen molar-refractivity contribution in [3.8, 4) is 11.5 Å². The summed E-state index contributed by atoms with van der Waals surface area (Å²) in [5, 5.41) is 3.38. The molecule has 1 aliphatic heterocycles. The molecule has 1 saturated heterocycles. The highest BCUT2D eigenvalue weighted by Crippen LogP contribution is 2.30. The van der Waals surface area contributed by atoms with Crippen LogP contribution in [0.2, 0.25) is 0 Å². The number of rotatable bonds is 4. The lowest BCUT2D eigenvalue weighted by atomic mass is 9.94. The molecule has 0 aromatic carbocycles. The van der Waals surface area contributed by atoms with Crippen molar-refractivity contribution in [2.24, 2.45) is 0 Å². The van der Waals surface area contributed by atoms with Crippen LogP contribution in [0.25, 0.3) is 11.5 Å². The summed E-state index contributed by atoms with van der Waals surface area (Å²) in [7, 11) is 0. The van der Waals surface area contributed by atoms with E-state index < -0.39 is 12.1 Å². The molecule has 0 bridgehead atoms. The smallest absolute Gasteiger partial charge is 0.329 e. The first-order valence-electron chi connectivity index (χ1n) is 8.68. The number of piperidine rings is 1. The van der Waals surface area contributed by atoms with E-state index >= 15 is 0 Å². The van der Waals surface area contributed by atoms with E-state index in [1.54, 1.807) is 18.6 Å². The Morgan fingerprint density at radius 3 is 2.64 bits per heavy atom. The van der Waals surface area contributed by atoms with Crippen molar-refractivity contribution in [3.05, 3.63) is 48.3 Å². The lowest BCUT2D eigenvalue weighted by Gasteiger charge is -2.32. The summed E-state index contributed by atoms with van der Waals surface area (Å²) in [6, 6.07) is 0. The number of likely N-dealkylation sites (tertiary alicyclic amines) is 1. The highest BCUT2D eigenvalue weighted by atomic mass is 19.4. The van der Waals surface area contributed by atoms with Gasteiger partial charge in [-0.1, -0.05) is 5.16 Å². The summed E-state index contributed by atoms with van der Waals surface area (Å²) in [6.45, 7) is 2.43. The van der Waals surface area contributed by atoms with E-state index in [9.17, 15) is 13.2 Å². The lowest BCUT2D eigenvalue weighted by molar-refractivity contribution is -0.159. The minimum atomic E-state index is -4.69. The summed E-state index contributed by atoms with van der Waals surface area (Å²) in [6.07, 6.45) is 5.22. The Hall–Kier alpha value is -2.95. The van der Waals surface area contributed by atoms with Gasteiger partial charge < -0.3 is 4.52 Å². The van der Waals surface area contributed by atoms with Crippen molar-refractivity contribution in [1.29, 1.82) is 0 Å². The van der Waals surface area contributed by atoms with E-state index in [4.69, 9.17) is 0 Å². The number of aromatic nitrogens is 6. The fourth-order valence-electron chi connectivity index (χ4n) is 3.24. The molecule has 0 unspecified atom stereocenters. The van der Waals surface area contributed by atoms with Crippen molar-refractivity contribution >= 4 is 0 Å². The monoisotopic (exact) mass is 391 g/mol.